The molecule has 1 aromatic carbocycles. The van der Waals surface area contributed by atoms with Crippen molar-refractivity contribution in [3.05, 3.63) is 35.4 Å². The van der Waals surface area contributed by atoms with Crippen LogP contribution in [0.25, 0.3) is 0 Å². The largest absolute Gasteiger partial charge is 0.385 e. The number of aliphatic hydroxyl groups excluding tert-OH is 1. The van der Waals surface area contributed by atoms with Gasteiger partial charge < -0.3 is 5.11 Å². The number of benzene rings is 1. The fraction of sp³-hybridized carbons (Fsp3) is 0.400. The number of aryl methyl sites for hydroxylation is 1. The highest BCUT2D eigenvalue weighted by Gasteiger charge is 2.43. The number of hydrogen-bond donors (Lipinski definition) is 1. The molecule has 1 aromatic rings. The minimum absolute atomic E-state index is 0.610. The van der Waals surface area contributed by atoms with Gasteiger partial charge in [0.1, 0.15) is 6.10 Å². The summed E-state index contributed by atoms with van der Waals surface area (Å²) in [6.07, 6.45) is -0.0142. The van der Waals surface area contributed by atoms with Gasteiger partial charge in [0.15, 0.2) is 9.84 Å². The van der Waals surface area contributed by atoms with Crippen molar-refractivity contribution in [3.63, 3.8) is 0 Å². The number of sulfone groups is 1. The second-order valence-corrected chi connectivity index (χ2v) is 11.5. The molecule has 0 bridgehead atoms. The van der Waals surface area contributed by atoms with E-state index in [-0.39, 0.29) is 0 Å². The van der Waals surface area contributed by atoms with Gasteiger partial charge in [0.2, 0.25) is 1.66 Å². The first-order valence-corrected chi connectivity index (χ1v) is 8.25. The summed E-state index contributed by atoms with van der Waals surface area (Å²) >= 11 is 4.79. The Balaban J connectivity index is 3.23. The maximum absolute atomic E-state index is 11.6. The minimum atomic E-state index is -3.41. The highest BCUT2D eigenvalue weighted by atomic mass is 127. The van der Waals surface area contributed by atoms with Crippen LogP contribution in [0.1, 0.15) is 17.2 Å². The van der Waals surface area contributed by atoms with E-state index in [1.54, 1.807) is 34.7 Å². The Morgan fingerprint density at radius 3 is 2.38 bits per heavy atom. The summed E-state index contributed by atoms with van der Waals surface area (Å²) in [4.78, 5) is 0. The molecule has 0 saturated heterocycles. The molecule has 0 aliphatic rings. The van der Waals surface area contributed by atoms with Crippen LogP contribution in [0.2, 0.25) is 0 Å². The van der Waals surface area contributed by atoms with Crippen molar-refractivity contribution in [2.45, 2.75) is 14.7 Å². The highest BCUT2D eigenvalue weighted by Crippen LogP contribution is 2.44. The molecular formula is C10H12BrIO3S. The van der Waals surface area contributed by atoms with Crippen molar-refractivity contribution in [2.24, 2.45) is 0 Å². The molecule has 0 saturated carbocycles. The zero-order valence-corrected chi connectivity index (χ0v) is 13.4. The van der Waals surface area contributed by atoms with Crippen LogP contribution < -0.4 is 0 Å². The van der Waals surface area contributed by atoms with Crippen molar-refractivity contribution in [2.75, 3.05) is 6.26 Å². The van der Waals surface area contributed by atoms with E-state index in [0.717, 1.165) is 11.8 Å². The molecule has 6 heteroatoms. The van der Waals surface area contributed by atoms with Crippen LogP contribution in [-0.4, -0.2) is 21.4 Å². The molecule has 90 valence electrons. The quantitative estimate of drug-likeness (QED) is 0.606. The summed E-state index contributed by atoms with van der Waals surface area (Å²) in [7, 11) is -3.41. The molecule has 0 amide bonds. The van der Waals surface area contributed by atoms with E-state index in [1.165, 1.54) is 0 Å². The fourth-order valence-electron chi connectivity index (χ4n) is 1.28. The van der Waals surface area contributed by atoms with Gasteiger partial charge in [-0.05, 0) is 40.6 Å². The van der Waals surface area contributed by atoms with Gasteiger partial charge in [-0.25, -0.2) is 8.42 Å². The topological polar surface area (TPSA) is 54.4 Å². The predicted octanol–water partition coefficient (Wildman–Crippen LogP) is 2.56. The molecule has 0 fully saturated rings. The smallest absolute Gasteiger partial charge is 0.206 e. The van der Waals surface area contributed by atoms with Gasteiger partial charge in [-0.3, -0.25) is 0 Å². The van der Waals surface area contributed by atoms with Gasteiger partial charge in [-0.2, -0.15) is 0 Å². The van der Waals surface area contributed by atoms with Crippen LogP contribution in [0.5, 0.6) is 0 Å². The molecule has 1 rings (SSSR count). The number of hydrogen-bond acceptors (Lipinski definition) is 3. The van der Waals surface area contributed by atoms with Crippen molar-refractivity contribution in [3.8, 4) is 0 Å². The van der Waals surface area contributed by atoms with Gasteiger partial charge in [0.25, 0.3) is 0 Å². The van der Waals surface area contributed by atoms with E-state index >= 15 is 0 Å². The van der Waals surface area contributed by atoms with Crippen LogP contribution in [0.4, 0.5) is 0 Å². The molecular weight excluding hydrogens is 407 g/mol. The monoisotopic (exact) mass is 418 g/mol. The molecule has 0 radical (unpaired) electrons. The zero-order valence-electron chi connectivity index (χ0n) is 8.81. The molecule has 0 aliphatic heterocycles. The first-order chi connectivity index (χ1) is 7.18. The summed E-state index contributed by atoms with van der Waals surface area (Å²) in [5.74, 6) is 0. The van der Waals surface area contributed by atoms with Crippen LogP contribution in [-0.2, 0) is 9.84 Å². The molecule has 1 N–H and O–H groups in total. The van der Waals surface area contributed by atoms with Crippen molar-refractivity contribution < 1.29 is 13.5 Å². The second kappa shape index (κ2) is 4.91. The molecule has 16 heavy (non-hydrogen) atoms. The SMILES string of the molecule is Cc1ccccc1C(O)C(Br)(I)S(C)(=O)=O. The van der Waals surface area contributed by atoms with Crippen LogP contribution in [0.3, 0.4) is 0 Å². The van der Waals surface area contributed by atoms with Crippen LogP contribution >= 0.6 is 38.5 Å². The lowest BCUT2D eigenvalue weighted by atomic mass is 10.1. The fourth-order valence-corrected chi connectivity index (χ4v) is 2.39. The van der Waals surface area contributed by atoms with E-state index in [4.69, 9.17) is 0 Å². The minimum Gasteiger partial charge on any atom is -0.385 e. The van der Waals surface area contributed by atoms with Gasteiger partial charge in [-0.1, -0.05) is 40.2 Å². The van der Waals surface area contributed by atoms with E-state index in [0.29, 0.717) is 5.56 Å². The van der Waals surface area contributed by atoms with Crippen LogP contribution in [0.15, 0.2) is 24.3 Å². The highest BCUT2D eigenvalue weighted by molar-refractivity contribution is 14.1. The summed E-state index contributed by atoms with van der Waals surface area (Å²) in [5.41, 5.74) is 1.47. The predicted molar refractivity (Wildman–Crippen MR) is 76.7 cm³/mol. The van der Waals surface area contributed by atoms with E-state index < -0.39 is 17.6 Å². The Morgan fingerprint density at radius 2 is 1.94 bits per heavy atom. The molecule has 0 aromatic heterocycles. The average molecular weight is 419 g/mol. The van der Waals surface area contributed by atoms with Gasteiger partial charge in [0, 0.05) is 6.26 Å². The summed E-state index contributed by atoms with van der Waals surface area (Å²) < 4.78 is 21.7. The molecule has 3 nitrogen and oxygen atoms in total. The Bertz CT molecular complexity index is 485. The lowest BCUT2D eigenvalue weighted by Crippen LogP contribution is -2.31. The number of aliphatic hydroxyl groups is 1. The Hall–Kier alpha value is 0.340. The molecule has 0 spiro atoms. The van der Waals surface area contributed by atoms with Crippen molar-refractivity contribution in [1.82, 2.24) is 0 Å². The van der Waals surface area contributed by atoms with E-state index in [9.17, 15) is 13.5 Å². The Morgan fingerprint density at radius 1 is 1.44 bits per heavy atom. The first kappa shape index (κ1) is 14.4. The summed E-state index contributed by atoms with van der Waals surface area (Å²) in [6.45, 7) is 1.83. The average Bonchev–Trinajstić information content (AvgIpc) is 2.15. The Kier molecular flexibility index (Phi) is 4.42. The molecule has 2 atom stereocenters. The standard InChI is InChI=1S/C10H12BrIO3S/c1-7-5-3-4-6-8(7)9(13)10(11,12)16(2,14)15/h3-6,9,13H,1-2H3. The van der Waals surface area contributed by atoms with Gasteiger partial charge >= 0.3 is 0 Å². The Labute approximate surface area is 117 Å². The summed E-state index contributed by atoms with van der Waals surface area (Å²) in [5, 5.41) is 10.1. The van der Waals surface area contributed by atoms with E-state index in [2.05, 4.69) is 15.9 Å². The zero-order chi connectivity index (χ0) is 12.6. The second-order valence-electron chi connectivity index (χ2n) is 3.59. The molecule has 2 unspecified atom stereocenters. The first-order valence-electron chi connectivity index (χ1n) is 4.49. The lowest BCUT2D eigenvalue weighted by Gasteiger charge is -2.26. The van der Waals surface area contributed by atoms with E-state index in [1.807, 2.05) is 19.1 Å². The third-order valence-electron chi connectivity index (χ3n) is 2.30. The normalized spacial score (nSPS) is 17.8. The third-order valence-corrected chi connectivity index (χ3v) is 8.70. The van der Waals surface area contributed by atoms with Gasteiger partial charge in [0.05, 0.1) is 0 Å². The third kappa shape index (κ3) is 2.77. The van der Waals surface area contributed by atoms with Crippen molar-refractivity contribution in [1.29, 1.82) is 0 Å². The lowest BCUT2D eigenvalue weighted by molar-refractivity contribution is 0.190. The summed E-state index contributed by atoms with van der Waals surface area (Å²) in [6, 6.07) is 7.17. The number of rotatable bonds is 3. The number of alkyl halides is 2. The van der Waals surface area contributed by atoms with Crippen molar-refractivity contribution >= 4 is 48.4 Å². The number of halogens is 2. The molecule has 0 aliphatic carbocycles. The molecule has 0 heterocycles. The maximum Gasteiger partial charge on any atom is 0.206 e. The van der Waals surface area contributed by atoms with Gasteiger partial charge in [-0.15, -0.1) is 0 Å². The van der Waals surface area contributed by atoms with Crippen LogP contribution in [0, 0.1) is 6.92 Å². The maximum atomic E-state index is 11.6.